The SMILES string of the molecule is Cc1ccc(N2CC(N)CC(Cc3ccccc3)C2)cc1C. The normalized spacial score (nSPS) is 21.9. The number of hydrogen-bond acceptors (Lipinski definition) is 2. The van der Waals surface area contributed by atoms with Crippen molar-refractivity contribution in [2.24, 2.45) is 11.7 Å². The molecule has 116 valence electrons. The minimum Gasteiger partial charge on any atom is -0.370 e. The molecule has 0 saturated carbocycles. The van der Waals surface area contributed by atoms with Gasteiger partial charge < -0.3 is 10.6 Å². The van der Waals surface area contributed by atoms with Gasteiger partial charge >= 0.3 is 0 Å². The van der Waals surface area contributed by atoms with Gasteiger partial charge in [0.2, 0.25) is 0 Å². The molecule has 0 amide bonds. The lowest BCUT2D eigenvalue weighted by atomic mass is 9.88. The summed E-state index contributed by atoms with van der Waals surface area (Å²) < 4.78 is 0. The summed E-state index contributed by atoms with van der Waals surface area (Å²) in [5.74, 6) is 0.632. The van der Waals surface area contributed by atoms with E-state index in [4.69, 9.17) is 5.73 Å². The number of nitrogens with two attached hydrogens (primary N) is 1. The Balaban J connectivity index is 1.74. The topological polar surface area (TPSA) is 29.3 Å². The molecule has 1 aliphatic rings. The first-order chi connectivity index (χ1) is 10.6. The summed E-state index contributed by atoms with van der Waals surface area (Å²) in [5, 5.41) is 0. The molecule has 2 aromatic rings. The quantitative estimate of drug-likeness (QED) is 0.935. The highest BCUT2D eigenvalue weighted by Crippen LogP contribution is 2.26. The molecule has 2 aromatic carbocycles. The van der Waals surface area contributed by atoms with Crippen LogP contribution in [0.15, 0.2) is 48.5 Å². The van der Waals surface area contributed by atoms with Gasteiger partial charge in [0.25, 0.3) is 0 Å². The Morgan fingerprint density at radius 3 is 2.50 bits per heavy atom. The van der Waals surface area contributed by atoms with Gasteiger partial charge in [-0.2, -0.15) is 0 Å². The van der Waals surface area contributed by atoms with Crippen molar-refractivity contribution in [2.45, 2.75) is 32.7 Å². The lowest BCUT2D eigenvalue weighted by Crippen LogP contribution is -2.47. The van der Waals surface area contributed by atoms with Crippen molar-refractivity contribution in [2.75, 3.05) is 18.0 Å². The molecule has 1 saturated heterocycles. The maximum absolute atomic E-state index is 6.33. The number of nitrogens with zero attached hydrogens (tertiary/aromatic N) is 1. The van der Waals surface area contributed by atoms with Gasteiger partial charge in [0.15, 0.2) is 0 Å². The lowest BCUT2D eigenvalue weighted by molar-refractivity contribution is 0.374. The van der Waals surface area contributed by atoms with Crippen LogP contribution in [0, 0.1) is 19.8 Å². The van der Waals surface area contributed by atoms with Crippen molar-refractivity contribution in [1.82, 2.24) is 0 Å². The Labute approximate surface area is 134 Å². The Hall–Kier alpha value is -1.80. The van der Waals surface area contributed by atoms with Crippen molar-refractivity contribution >= 4 is 5.69 Å². The molecule has 1 aliphatic heterocycles. The molecule has 3 rings (SSSR count). The van der Waals surface area contributed by atoms with Crippen LogP contribution in [0.4, 0.5) is 5.69 Å². The van der Waals surface area contributed by atoms with Gasteiger partial charge in [-0.15, -0.1) is 0 Å². The highest BCUT2D eigenvalue weighted by molar-refractivity contribution is 5.51. The fraction of sp³-hybridized carbons (Fsp3) is 0.400. The average Bonchev–Trinajstić information content (AvgIpc) is 2.50. The third kappa shape index (κ3) is 3.50. The molecule has 1 fully saturated rings. The molecule has 0 spiro atoms. The van der Waals surface area contributed by atoms with Crippen molar-refractivity contribution in [1.29, 1.82) is 0 Å². The molecule has 2 heteroatoms. The molecule has 0 aromatic heterocycles. The van der Waals surface area contributed by atoms with Gasteiger partial charge in [-0.05, 0) is 61.4 Å². The maximum Gasteiger partial charge on any atom is 0.0369 e. The first-order valence-electron chi connectivity index (χ1n) is 8.23. The van der Waals surface area contributed by atoms with Crippen LogP contribution in [0.2, 0.25) is 0 Å². The van der Waals surface area contributed by atoms with Crippen molar-refractivity contribution in [3.63, 3.8) is 0 Å². The first kappa shape index (κ1) is 15.1. The number of rotatable bonds is 3. The second-order valence-corrected chi connectivity index (χ2v) is 6.73. The van der Waals surface area contributed by atoms with Gasteiger partial charge in [0, 0.05) is 24.8 Å². The van der Waals surface area contributed by atoms with Crippen molar-refractivity contribution < 1.29 is 0 Å². The van der Waals surface area contributed by atoms with Gasteiger partial charge in [-0.25, -0.2) is 0 Å². The largest absolute Gasteiger partial charge is 0.370 e. The molecule has 2 nitrogen and oxygen atoms in total. The monoisotopic (exact) mass is 294 g/mol. The first-order valence-corrected chi connectivity index (χ1v) is 8.23. The number of benzene rings is 2. The maximum atomic E-state index is 6.33. The Bertz CT molecular complexity index is 621. The van der Waals surface area contributed by atoms with Gasteiger partial charge in [-0.3, -0.25) is 0 Å². The minimum atomic E-state index is 0.268. The van der Waals surface area contributed by atoms with E-state index >= 15 is 0 Å². The number of anilines is 1. The molecule has 0 radical (unpaired) electrons. The molecule has 22 heavy (non-hydrogen) atoms. The molecular weight excluding hydrogens is 268 g/mol. The smallest absolute Gasteiger partial charge is 0.0369 e. The molecule has 0 bridgehead atoms. The summed E-state index contributed by atoms with van der Waals surface area (Å²) in [4.78, 5) is 2.47. The van der Waals surface area contributed by atoms with E-state index < -0.39 is 0 Å². The predicted octanol–water partition coefficient (Wildman–Crippen LogP) is 3.70. The molecule has 0 aliphatic carbocycles. The van der Waals surface area contributed by atoms with Crippen LogP contribution < -0.4 is 10.6 Å². The third-order valence-electron chi connectivity index (χ3n) is 4.79. The van der Waals surface area contributed by atoms with Crippen LogP contribution in [0.5, 0.6) is 0 Å². The average molecular weight is 294 g/mol. The van der Waals surface area contributed by atoms with Crippen LogP contribution in [-0.2, 0) is 6.42 Å². The highest BCUT2D eigenvalue weighted by Gasteiger charge is 2.25. The van der Waals surface area contributed by atoms with E-state index in [1.165, 1.54) is 22.4 Å². The summed E-state index contributed by atoms with van der Waals surface area (Å²) in [6, 6.07) is 17.8. The Kier molecular flexibility index (Phi) is 4.49. The summed E-state index contributed by atoms with van der Waals surface area (Å²) in [6.45, 7) is 6.42. The Morgan fingerprint density at radius 2 is 1.77 bits per heavy atom. The molecule has 1 heterocycles. The second kappa shape index (κ2) is 6.53. The van der Waals surface area contributed by atoms with Gasteiger partial charge in [0.1, 0.15) is 0 Å². The van der Waals surface area contributed by atoms with Gasteiger partial charge in [0.05, 0.1) is 0 Å². The second-order valence-electron chi connectivity index (χ2n) is 6.73. The number of piperidine rings is 1. The van der Waals surface area contributed by atoms with Gasteiger partial charge in [-0.1, -0.05) is 36.4 Å². The van der Waals surface area contributed by atoms with E-state index in [1.807, 2.05) is 0 Å². The predicted molar refractivity (Wildman–Crippen MR) is 94.4 cm³/mol. The zero-order chi connectivity index (χ0) is 15.5. The van der Waals surface area contributed by atoms with Crippen molar-refractivity contribution in [3.05, 3.63) is 65.2 Å². The van der Waals surface area contributed by atoms with Crippen LogP contribution in [0.3, 0.4) is 0 Å². The van der Waals surface area contributed by atoms with E-state index in [1.54, 1.807) is 0 Å². The standard InChI is InChI=1S/C20H26N2/c1-15-8-9-20(10-16(15)2)22-13-18(12-19(21)14-22)11-17-6-4-3-5-7-17/h3-10,18-19H,11-14,21H2,1-2H3. The van der Waals surface area contributed by atoms with Crippen molar-refractivity contribution in [3.8, 4) is 0 Å². The number of hydrogen-bond donors (Lipinski definition) is 1. The number of aryl methyl sites for hydroxylation is 2. The van der Waals surface area contributed by atoms with E-state index in [0.717, 1.165) is 25.9 Å². The van der Waals surface area contributed by atoms with E-state index in [-0.39, 0.29) is 6.04 Å². The molecular formula is C20H26N2. The van der Waals surface area contributed by atoms with E-state index in [2.05, 4.69) is 67.3 Å². The van der Waals surface area contributed by atoms with Crippen LogP contribution in [0.25, 0.3) is 0 Å². The zero-order valence-corrected chi connectivity index (χ0v) is 13.6. The summed E-state index contributed by atoms with van der Waals surface area (Å²) in [6.07, 6.45) is 2.24. The third-order valence-corrected chi connectivity index (χ3v) is 4.79. The van der Waals surface area contributed by atoms with Crippen LogP contribution in [-0.4, -0.2) is 19.1 Å². The molecule has 2 unspecified atom stereocenters. The van der Waals surface area contributed by atoms with E-state index in [9.17, 15) is 0 Å². The van der Waals surface area contributed by atoms with Crippen LogP contribution >= 0.6 is 0 Å². The summed E-state index contributed by atoms with van der Waals surface area (Å²) in [7, 11) is 0. The minimum absolute atomic E-state index is 0.268. The molecule has 2 atom stereocenters. The summed E-state index contributed by atoms with van der Waals surface area (Å²) >= 11 is 0. The summed E-state index contributed by atoms with van der Waals surface area (Å²) in [5.41, 5.74) is 11.8. The van der Waals surface area contributed by atoms with E-state index in [0.29, 0.717) is 5.92 Å². The Morgan fingerprint density at radius 1 is 1.00 bits per heavy atom. The van der Waals surface area contributed by atoms with Crippen LogP contribution in [0.1, 0.15) is 23.1 Å². The molecule has 2 N–H and O–H groups in total. The fourth-order valence-corrected chi connectivity index (χ4v) is 3.47. The zero-order valence-electron chi connectivity index (χ0n) is 13.6. The highest BCUT2D eigenvalue weighted by atomic mass is 15.2. The fourth-order valence-electron chi connectivity index (χ4n) is 3.47. The lowest BCUT2D eigenvalue weighted by Gasteiger charge is -2.38.